The van der Waals surface area contributed by atoms with Gasteiger partial charge in [-0.15, -0.1) is 0 Å². The number of pyridine rings is 1. The number of hydrogen-bond donors (Lipinski definition) is 2. The van der Waals surface area contributed by atoms with Crippen LogP contribution in [0.5, 0.6) is 17.2 Å². The molecule has 0 fully saturated rings. The molecule has 0 saturated carbocycles. The molecule has 0 unspecified atom stereocenters. The first-order valence-corrected chi connectivity index (χ1v) is 11.6. The lowest BCUT2D eigenvalue weighted by molar-refractivity contribution is -0.136. The van der Waals surface area contributed by atoms with Crippen molar-refractivity contribution in [3.8, 4) is 17.2 Å². The van der Waals surface area contributed by atoms with Gasteiger partial charge in [0.1, 0.15) is 29.4 Å². The molecule has 2 aromatic carbocycles. The van der Waals surface area contributed by atoms with Gasteiger partial charge in [-0.05, 0) is 68.8 Å². The van der Waals surface area contributed by atoms with Crippen LogP contribution in [-0.4, -0.2) is 57.2 Å². The zero-order chi connectivity index (χ0) is 25.7. The molecule has 1 amide bonds. The number of nitrogens with one attached hydrogen (secondary N) is 1. The predicted octanol–water partition coefficient (Wildman–Crippen LogP) is 4.40. The molecule has 1 atom stereocenters. The van der Waals surface area contributed by atoms with Crippen molar-refractivity contribution in [3.05, 3.63) is 72.3 Å². The molecule has 4 aromatic rings. The van der Waals surface area contributed by atoms with Gasteiger partial charge in [0.25, 0.3) is 5.91 Å². The van der Waals surface area contributed by atoms with Crippen molar-refractivity contribution in [3.63, 3.8) is 0 Å². The minimum Gasteiger partial charge on any atom is -0.480 e. The van der Waals surface area contributed by atoms with E-state index in [9.17, 15) is 4.79 Å². The van der Waals surface area contributed by atoms with E-state index in [-0.39, 0.29) is 19.1 Å². The number of amides is 1. The van der Waals surface area contributed by atoms with E-state index in [0.717, 1.165) is 22.7 Å². The maximum atomic E-state index is 12.6. The zero-order valence-corrected chi connectivity index (χ0v) is 20.7. The molecular formula is C27H29N5O4. The van der Waals surface area contributed by atoms with Crippen molar-refractivity contribution < 1.29 is 19.4 Å². The molecule has 9 heteroatoms. The number of aliphatic hydroxyl groups is 1. The third-order valence-corrected chi connectivity index (χ3v) is 5.64. The quantitative estimate of drug-likeness (QED) is 0.358. The topological polar surface area (TPSA) is 110 Å². The summed E-state index contributed by atoms with van der Waals surface area (Å²) < 4.78 is 12.0. The highest BCUT2D eigenvalue weighted by atomic mass is 16.5. The van der Waals surface area contributed by atoms with Gasteiger partial charge in [0.2, 0.25) is 0 Å². The first-order valence-electron chi connectivity index (χ1n) is 11.6. The minimum absolute atomic E-state index is 0.115. The number of carbonyl (C=O) groups excluding carboxylic acids is 1. The highest BCUT2D eigenvalue weighted by molar-refractivity contribution is 5.96. The molecule has 2 N–H and O–H groups in total. The second-order valence-corrected chi connectivity index (χ2v) is 8.46. The van der Waals surface area contributed by atoms with Gasteiger partial charge in [-0.25, -0.2) is 9.97 Å². The Hall–Kier alpha value is -4.24. The molecular weight excluding hydrogens is 458 g/mol. The zero-order valence-electron chi connectivity index (χ0n) is 20.7. The maximum absolute atomic E-state index is 12.6. The Morgan fingerprint density at radius 2 is 1.92 bits per heavy atom. The average Bonchev–Trinajstić information content (AvgIpc) is 2.87. The molecule has 2 aromatic heterocycles. The number of nitrogens with zero attached hydrogens (tertiary/aromatic N) is 4. The normalized spacial score (nSPS) is 11.7. The van der Waals surface area contributed by atoms with Crippen molar-refractivity contribution in [1.29, 1.82) is 0 Å². The van der Waals surface area contributed by atoms with Gasteiger partial charge in [-0.1, -0.05) is 6.07 Å². The number of ether oxygens (including phenoxy) is 2. The number of fused-ring (bicyclic) bond motifs is 1. The second kappa shape index (κ2) is 11.0. The fourth-order valence-electron chi connectivity index (χ4n) is 3.70. The number of aliphatic hydroxyl groups excluding tert-OH is 1. The van der Waals surface area contributed by atoms with E-state index in [4.69, 9.17) is 14.6 Å². The third-order valence-electron chi connectivity index (χ3n) is 5.64. The van der Waals surface area contributed by atoms with Crippen LogP contribution in [0, 0.1) is 13.8 Å². The average molecular weight is 488 g/mol. The number of likely N-dealkylation sites (N-methyl/N-ethyl adjacent to an activating group) is 1. The summed E-state index contributed by atoms with van der Waals surface area (Å²) in [7, 11) is 1.63. The van der Waals surface area contributed by atoms with E-state index < -0.39 is 6.10 Å². The predicted molar refractivity (Wildman–Crippen MR) is 138 cm³/mol. The molecule has 186 valence electrons. The van der Waals surface area contributed by atoms with E-state index in [2.05, 4.69) is 20.3 Å². The maximum Gasteiger partial charge on any atom is 0.263 e. The molecule has 9 nitrogen and oxygen atoms in total. The fourth-order valence-corrected chi connectivity index (χ4v) is 3.70. The van der Waals surface area contributed by atoms with Crippen LogP contribution in [-0.2, 0) is 4.79 Å². The highest BCUT2D eigenvalue weighted by Gasteiger charge is 2.21. The summed E-state index contributed by atoms with van der Waals surface area (Å²) in [5, 5.41) is 13.1. The van der Waals surface area contributed by atoms with E-state index >= 15 is 0 Å². The summed E-state index contributed by atoms with van der Waals surface area (Å²) in [4.78, 5) is 27.1. The van der Waals surface area contributed by atoms with Gasteiger partial charge >= 0.3 is 0 Å². The van der Waals surface area contributed by atoms with Crippen LogP contribution in [0.4, 0.5) is 11.5 Å². The van der Waals surface area contributed by atoms with Crippen LogP contribution in [0.2, 0.25) is 0 Å². The Morgan fingerprint density at radius 3 is 2.64 bits per heavy atom. The molecule has 0 saturated heterocycles. The van der Waals surface area contributed by atoms with Crippen molar-refractivity contribution in [2.75, 3.05) is 25.5 Å². The Bertz CT molecular complexity index is 1360. The Labute approximate surface area is 209 Å². The third kappa shape index (κ3) is 5.69. The molecule has 4 rings (SSSR count). The summed E-state index contributed by atoms with van der Waals surface area (Å²) >= 11 is 0. The van der Waals surface area contributed by atoms with Crippen LogP contribution in [0.3, 0.4) is 0 Å². The molecule has 0 aliphatic heterocycles. The first-order chi connectivity index (χ1) is 17.4. The van der Waals surface area contributed by atoms with Gasteiger partial charge in [-0.3, -0.25) is 9.78 Å². The van der Waals surface area contributed by atoms with E-state index in [0.29, 0.717) is 28.2 Å². The monoisotopic (exact) mass is 487 g/mol. The number of rotatable bonds is 9. The lowest BCUT2D eigenvalue weighted by Crippen LogP contribution is -2.39. The van der Waals surface area contributed by atoms with Crippen molar-refractivity contribution >= 4 is 28.3 Å². The van der Waals surface area contributed by atoms with Gasteiger partial charge in [0.15, 0.2) is 6.10 Å². The summed E-state index contributed by atoms with van der Waals surface area (Å²) in [5.74, 6) is 2.19. The van der Waals surface area contributed by atoms with Crippen molar-refractivity contribution in [2.45, 2.75) is 26.9 Å². The summed E-state index contributed by atoms with van der Waals surface area (Å²) in [6.07, 6.45) is 2.42. The molecule has 0 bridgehead atoms. The summed E-state index contributed by atoms with van der Waals surface area (Å²) in [5.41, 5.74) is 3.34. The Balaban J connectivity index is 1.58. The lowest BCUT2D eigenvalue weighted by Gasteiger charge is -2.22. The van der Waals surface area contributed by atoms with Crippen LogP contribution in [0.15, 0.2) is 61.1 Å². The summed E-state index contributed by atoms with van der Waals surface area (Å²) in [6.45, 7) is 5.69. The molecule has 36 heavy (non-hydrogen) atoms. The second-order valence-electron chi connectivity index (χ2n) is 8.46. The number of aryl methyl sites for hydroxylation is 2. The molecule has 0 aliphatic carbocycles. The molecule has 0 aliphatic rings. The largest absolute Gasteiger partial charge is 0.480 e. The lowest BCUT2D eigenvalue weighted by atomic mass is 10.1. The van der Waals surface area contributed by atoms with Crippen LogP contribution in [0.1, 0.15) is 18.2 Å². The van der Waals surface area contributed by atoms with Crippen molar-refractivity contribution in [2.24, 2.45) is 0 Å². The SMILES string of the molecule is Cc1ccc(Oc2ccc(Nc3ncnc4cccc(O[C@@H](C)C(=O)N(C)CCO)c34)cc2C)cn1. The number of anilines is 2. The van der Waals surface area contributed by atoms with Gasteiger partial charge in [0.05, 0.1) is 23.7 Å². The smallest absolute Gasteiger partial charge is 0.263 e. The van der Waals surface area contributed by atoms with E-state index in [1.807, 2.05) is 56.3 Å². The number of carbonyl (C=O) groups is 1. The van der Waals surface area contributed by atoms with Crippen LogP contribution >= 0.6 is 0 Å². The standard InChI is InChI=1S/C27H29N5O4/c1-17-14-20(9-11-23(17)36-21-10-8-18(2)28-15-21)31-26-25-22(29-16-30-26)6-5-7-24(25)35-19(3)27(34)32(4)12-13-33/h5-11,14-16,19,33H,12-13H2,1-4H3,(H,29,30,31)/t19-/m0/s1. The highest BCUT2D eigenvalue weighted by Crippen LogP contribution is 2.34. The Kier molecular flexibility index (Phi) is 7.60. The van der Waals surface area contributed by atoms with Crippen LogP contribution < -0.4 is 14.8 Å². The van der Waals surface area contributed by atoms with Gasteiger partial charge < -0.3 is 24.8 Å². The summed E-state index contributed by atoms with van der Waals surface area (Å²) in [6, 6.07) is 15.0. The number of aromatic nitrogens is 3. The first kappa shape index (κ1) is 24.9. The number of benzene rings is 2. The van der Waals surface area contributed by atoms with Gasteiger partial charge in [-0.2, -0.15) is 0 Å². The van der Waals surface area contributed by atoms with Crippen molar-refractivity contribution in [1.82, 2.24) is 19.9 Å². The molecule has 2 heterocycles. The number of hydrogen-bond acceptors (Lipinski definition) is 8. The molecule has 0 radical (unpaired) electrons. The van der Waals surface area contributed by atoms with E-state index in [1.165, 1.54) is 11.2 Å². The van der Waals surface area contributed by atoms with E-state index in [1.54, 1.807) is 26.2 Å². The Morgan fingerprint density at radius 1 is 1.08 bits per heavy atom. The molecule has 0 spiro atoms. The van der Waals surface area contributed by atoms with Crippen LogP contribution in [0.25, 0.3) is 10.9 Å². The fraction of sp³-hybridized carbons (Fsp3) is 0.259. The van der Waals surface area contributed by atoms with Gasteiger partial charge in [0, 0.05) is 25.0 Å². The minimum atomic E-state index is -0.754.